The molecule has 4 aliphatic rings. The summed E-state index contributed by atoms with van der Waals surface area (Å²) in [5.41, 5.74) is 0.958. The zero-order valence-corrected chi connectivity index (χ0v) is 17.7. The van der Waals surface area contributed by atoms with Crippen molar-refractivity contribution in [2.24, 2.45) is 17.8 Å². The third kappa shape index (κ3) is 4.19. The molecular weight excluding hydrogens is 398 g/mol. The molecule has 4 fully saturated rings. The molecule has 0 saturated heterocycles. The van der Waals surface area contributed by atoms with E-state index in [4.69, 9.17) is 0 Å². The van der Waals surface area contributed by atoms with Crippen molar-refractivity contribution >= 4 is 28.4 Å². The van der Waals surface area contributed by atoms with E-state index in [1.807, 2.05) is 30.3 Å². The highest BCUT2D eigenvalue weighted by Gasteiger charge is 2.51. The number of hydrogen-bond donors (Lipinski definition) is 3. The van der Waals surface area contributed by atoms with Crippen molar-refractivity contribution in [3.63, 3.8) is 0 Å². The minimum absolute atomic E-state index is 0.0124. The first-order chi connectivity index (χ1) is 14.6. The van der Waals surface area contributed by atoms with Gasteiger partial charge in [0.15, 0.2) is 0 Å². The molecule has 7 nitrogen and oxygen atoms in total. The number of rotatable bonds is 6. The van der Waals surface area contributed by atoms with Gasteiger partial charge in [-0.1, -0.05) is 41.7 Å². The highest BCUT2D eigenvalue weighted by molar-refractivity contribution is 7.18. The Labute approximate surface area is 180 Å². The molecule has 4 bridgehead atoms. The van der Waals surface area contributed by atoms with Gasteiger partial charge in [-0.2, -0.15) is 0 Å². The van der Waals surface area contributed by atoms with Gasteiger partial charge in [-0.3, -0.25) is 4.79 Å². The van der Waals surface area contributed by atoms with Crippen molar-refractivity contribution in [1.29, 1.82) is 0 Å². The number of amides is 3. The van der Waals surface area contributed by atoms with Gasteiger partial charge in [-0.15, -0.1) is 10.2 Å². The van der Waals surface area contributed by atoms with E-state index in [9.17, 15) is 9.59 Å². The van der Waals surface area contributed by atoms with Gasteiger partial charge in [0, 0.05) is 24.1 Å². The van der Waals surface area contributed by atoms with Gasteiger partial charge in [0.25, 0.3) is 0 Å². The quantitative estimate of drug-likeness (QED) is 0.656. The maximum atomic E-state index is 12.5. The monoisotopic (exact) mass is 425 g/mol. The van der Waals surface area contributed by atoms with Crippen LogP contribution in [0.25, 0.3) is 10.6 Å². The van der Waals surface area contributed by atoms with Gasteiger partial charge in [0.05, 0.1) is 0 Å². The van der Waals surface area contributed by atoms with Gasteiger partial charge < -0.3 is 16.0 Å². The zero-order valence-electron chi connectivity index (χ0n) is 16.9. The lowest BCUT2D eigenvalue weighted by Crippen LogP contribution is -2.61. The van der Waals surface area contributed by atoms with Gasteiger partial charge in [-0.25, -0.2) is 4.79 Å². The smallest absolute Gasteiger partial charge is 0.315 e. The van der Waals surface area contributed by atoms with Crippen molar-refractivity contribution in [2.75, 3.05) is 11.9 Å². The number of urea groups is 1. The molecule has 0 atom stereocenters. The average Bonchev–Trinajstić information content (AvgIpc) is 3.15. The predicted octanol–water partition coefficient (Wildman–Crippen LogP) is 3.80. The Morgan fingerprint density at radius 2 is 1.67 bits per heavy atom. The molecule has 3 N–H and O–H groups in total. The Bertz CT molecular complexity index is 893. The van der Waals surface area contributed by atoms with Crippen LogP contribution in [0.2, 0.25) is 0 Å². The lowest BCUT2D eigenvalue weighted by molar-refractivity contribution is -0.116. The average molecular weight is 426 g/mol. The summed E-state index contributed by atoms with van der Waals surface area (Å²) in [6.45, 7) is 0.300. The first kappa shape index (κ1) is 19.5. The molecule has 1 heterocycles. The molecule has 1 aromatic heterocycles. The predicted molar refractivity (Wildman–Crippen MR) is 116 cm³/mol. The Kier molecular flexibility index (Phi) is 5.18. The van der Waals surface area contributed by atoms with E-state index in [1.54, 1.807) is 0 Å². The molecule has 0 radical (unpaired) electrons. The van der Waals surface area contributed by atoms with E-state index >= 15 is 0 Å². The van der Waals surface area contributed by atoms with Crippen LogP contribution < -0.4 is 16.0 Å². The molecule has 3 amide bonds. The van der Waals surface area contributed by atoms with Crippen molar-refractivity contribution in [2.45, 2.75) is 50.5 Å². The van der Waals surface area contributed by atoms with Gasteiger partial charge in [0.2, 0.25) is 11.0 Å². The van der Waals surface area contributed by atoms with E-state index in [0.29, 0.717) is 11.7 Å². The van der Waals surface area contributed by atoms with Gasteiger partial charge in [0.1, 0.15) is 5.01 Å². The normalized spacial score (nSPS) is 28.9. The van der Waals surface area contributed by atoms with Crippen LogP contribution in [0.5, 0.6) is 0 Å². The number of aromatic nitrogens is 2. The fraction of sp³-hybridized carbons (Fsp3) is 0.545. The highest BCUT2D eigenvalue weighted by atomic mass is 32.1. The maximum Gasteiger partial charge on any atom is 0.315 e. The van der Waals surface area contributed by atoms with Crippen LogP contribution in [-0.4, -0.2) is 34.2 Å². The number of carbonyl (C=O) groups excluding carboxylic acids is 2. The lowest BCUT2D eigenvalue weighted by atomic mass is 9.53. The first-order valence-electron chi connectivity index (χ1n) is 10.8. The minimum atomic E-state index is -0.180. The van der Waals surface area contributed by atoms with Crippen LogP contribution in [0.15, 0.2) is 30.3 Å². The second-order valence-electron chi connectivity index (χ2n) is 9.16. The van der Waals surface area contributed by atoms with E-state index in [1.165, 1.54) is 30.6 Å². The molecule has 30 heavy (non-hydrogen) atoms. The van der Waals surface area contributed by atoms with Crippen LogP contribution in [0, 0.1) is 17.8 Å². The molecule has 0 spiro atoms. The summed E-state index contributed by atoms with van der Waals surface area (Å²) < 4.78 is 0. The van der Waals surface area contributed by atoms with Gasteiger partial charge in [-0.05, 0) is 56.3 Å². The largest absolute Gasteiger partial charge is 0.338 e. The molecule has 0 aliphatic heterocycles. The van der Waals surface area contributed by atoms with E-state index in [-0.39, 0.29) is 23.9 Å². The van der Waals surface area contributed by atoms with Crippen LogP contribution in [-0.2, 0) is 4.79 Å². The molecule has 1 aromatic carbocycles. The second-order valence-corrected chi connectivity index (χ2v) is 10.1. The third-order valence-electron chi connectivity index (χ3n) is 6.75. The Morgan fingerprint density at radius 3 is 2.33 bits per heavy atom. The molecule has 8 heteroatoms. The van der Waals surface area contributed by atoms with Crippen LogP contribution in [0.3, 0.4) is 0 Å². The summed E-state index contributed by atoms with van der Waals surface area (Å²) in [6, 6.07) is 9.59. The molecular formula is C22H27N5O2S. The number of nitrogens with one attached hydrogen (secondary N) is 3. The third-order valence-corrected chi connectivity index (χ3v) is 7.63. The molecule has 6 rings (SSSR count). The van der Waals surface area contributed by atoms with E-state index < -0.39 is 0 Å². The minimum Gasteiger partial charge on any atom is -0.338 e. The molecule has 4 saturated carbocycles. The SMILES string of the molecule is O=C(CCNC(=O)NC12CC3CC(CC(C3)C1)C2)Nc1nnc(-c2ccccc2)s1. The summed E-state index contributed by atoms with van der Waals surface area (Å²) in [6.07, 6.45) is 7.60. The van der Waals surface area contributed by atoms with E-state index in [0.717, 1.165) is 47.6 Å². The molecule has 0 unspecified atom stereocenters. The van der Waals surface area contributed by atoms with E-state index in [2.05, 4.69) is 26.1 Å². The summed E-state index contributed by atoms with van der Waals surface area (Å²) in [5.74, 6) is 2.18. The highest BCUT2D eigenvalue weighted by Crippen LogP contribution is 2.55. The Hall–Kier alpha value is -2.48. The van der Waals surface area contributed by atoms with Gasteiger partial charge >= 0.3 is 6.03 Å². The van der Waals surface area contributed by atoms with Crippen molar-refractivity contribution in [3.05, 3.63) is 30.3 Å². The summed E-state index contributed by atoms with van der Waals surface area (Å²) in [5, 5.41) is 18.3. The fourth-order valence-corrected chi connectivity index (χ4v) is 6.76. The topological polar surface area (TPSA) is 96.0 Å². The standard InChI is InChI=1S/C22H27N5O2S/c28-18(24-21-27-26-19(30-21)17-4-2-1-3-5-17)6-7-23-20(29)25-22-11-14-8-15(12-22)10-16(9-14)13-22/h1-5,14-16H,6-13H2,(H2,23,25,29)(H,24,27,28). The number of benzene rings is 1. The second kappa shape index (κ2) is 7.98. The Morgan fingerprint density at radius 1 is 1.00 bits per heavy atom. The van der Waals surface area contributed by atoms with Crippen molar-refractivity contribution in [3.8, 4) is 10.6 Å². The zero-order chi connectivity index (χ0) is 20.6. The molecule has 158 valence electrons. The number of nitrogens with zero attached hydrogens (tertiary/aromatic N) is 2. The van der Waals surface area contributed by atoms with Crippen molar-refractivity contribution < 1.29 is 9.59 Å². The first-order valence-corrected chi connectivity index (χ1v) is 11.6. The Balaban J connectivity index is 1.07. The number of carbonyl (C=O) groups is 2. The lowest BCUT2D eigenvalue weighted by Gasteiger charge is -2.56. The number of hydrogen-bond acceptors (Lipinski definition) is 5. The summed E-state index contributed by atoms with van der Waals surface area (Å²) in [7, 11) is 0. The fourth-order valence-electron chi connectivity index (χ4n) is 5.99. The summed E-state index contributed by atoms with van der Waals surface area (Å²) in [4.78, 5) is 24.7. The van der Waals surface area contributed by atoms with Crippen LogP contribution >= 0.6 is 11.3 Å². The molecule has 4 aliphatic carbocycles. The van der Waals surface area contributed by atoms with Crippen molar-refractivity contribution in [1.82, 2.24) is 20.8 Å². The number of anilines is 1. The van der Waals surface area contributed by atoms with Crippen LogP contribution in [0.4, 0.5) is 9.93 Å². The summed E-state index contributed by atoms with van der Waals surface area (Å²) >= 11 is 1.34. The van der Waals surface area contributed by atoms with Crippen LogP contribution in [0.1, 0.15) is 44.9 Å². The molecule has 2 aromatic rings. The maximum absolute atomic E-state index is 12.5.